The van der Waals surface area contributed by atoms with Gasteiger partial charge in [-0.25, -0.2) is 0 Å². The van der Waals surface area contributed by atoms with Crippen molar-refractivity contribution in [3.63, 3.8) is 0 Å². The Hall–Kier alpha value is -1.62. The first kappa shape index (κ1) is 12.8. The molecule has 18 heavy (non-hydrogen) atoms. The summed E-state index contributed by atoms with van der Waals surface area (Å²) in [6.07, 6.45) is 3.44. The van der Waals surface area contributed by atoms with Crippen LogP contribution in [-0.2, 0) is 0 Å². The average Bonchev–Trinajstić information content (AvgIpc) is 2.68. The molecule has 0 bridgehead atoms. The van der Waals surface area contributed by atoms with Crippen molar-refractivity contribution in [3.05, 3.63) is 23.3 Å². The zero-order valence-electron chi connectivity index (χ0n) is 10.8. The number of amides is 1. The molecule has 2 rings (SSSR count). The maximum Gasteiger partial charge on any atom is 0.266 e. The van der Waals surface area contributed by atoms with Gasteiger partial charge in [0.25, 0.3) is 5.91 Å². The van der Waals surface area contributed by atoms with Crippen molar-refractivity contribution in [1.29, 1.82) is 0 Å². The number of anilines is 1. The largest absolute Gasteiger partial charge is 0.397 e. The van der Waals surface area contributed by atoms with Crippen LogP contribution >= 0.6 is 11.3 Å². The first-order valence-corrected chi connectivity index (χ1v) is 6.80. The minimum absolute atomic E-state index is 0.00574. The zero-order chi connectivity index (χ0) is 13.3. The maximum atomic E-state index is 12.4. The molecule has 0 spiro atoms. The molecule has 0 aliphatic heterocycles. The topological polar surface area (TPSA) is 59.2 Å². The summed E-state index contributed by atoms with van der Waals surface area (Å²) < 4.78 is 0.957. The molecule has 2 heterocycles. The van der Waals surface area contributed by atoms with Crippen molar-refractivity contribution in [2.45, 2.75) is 26.8 Å². The van der Waals surface area contributed by atoms with Crippen LogP contribution in [0, 0.1) is 0 Å². The summed E-state index contributed by atoms with van der Waals surface area (Å²) in [5, 5.41) is 0.915. The number of carbonyl (C=O) groups excluding carboxylic acids is 1. The Morgan fingerprint density at radius 1 is 1.56 bits per heavy atom. The van der Waals surface area contributed by atoms with E-state index in [1.165, 1.54) is 11.3 Å². The molecule has 0 unspecified atom stereocenters. The standard InChI is InChI=1S/C13H17N3OS/c1-4-16(8(2)3)13(17)12-11(14)9-5-6-15-7-10(9)18-12/h5-8H,4,14H2,1-3H3. The van der Waals surface area contributed by atoms with E-state index in [4.69, 9.17) is 5.73 Å². The minimum atomic E-state index is 0.00574. The number of nitrogens with zero attached hydrogens (tertiary/aromatic N) is 2. The van der Waals surface area contributed by atoms with Crippen LogP contribution in [-0.4, -0.2) is 28.4 Å². The molecule has 0 fully saturated rings. The molecular weight excluding hydrogens is 246 g/mol. The highest BCUT2D eigenvalue weighted by atomic mass is 32.1. The molecule has 0 saturated heterocycles. The fraction of sp³-hybridized carbons (Fsp3) is 0.385. The molecule has 0 atom stereocenters. The zero-order valence-corrected chi connectivity index (χ0v) is 11.6. The minimum Gasteiger partial charge on any atom is -0.397 e. The van der Waals surface area contributed by atoms with Gasteiger partial charge in [0.15, 0.2) is 0 Å². The predicted molar refractivity (Wildman–Crippen MR) is 75.9 cm³/mol. The quantitative estimate of drug-likeness (QED) is 0.926. The van der Waals surface area contributed by atoms with E-state index in [1.54, 1.807) is 12.4 Å². The fourth-order valence-electron chi connectivity index (χ4n) is 2.00. The van der Waals surface area contributed by atoms with Crippen LogP contribution in [0.1, 0.15) is 30.4 Å². The van der Waals surface area contributed by atoms with Crippen molar-refractivity contribution in [2.75, 3.05) is 12.3 Å². The van der Waals surface area contributed by atoms with Crippen molar-refractivity contribution in [1.82, 2.24) is 9.88 Å². The lowest BCUT2D eigenvalue weighted by molar-refractivity contribution is 0.0723. The Kier molecular flexibility index (Phi) is 3.52. The second-order valence-electron chi connectivity index (χ2n) is 4.40. The summed E-state index contributed by atoms with van der Waals surface area (Å²) in [6, 6.07) is 2.02. The molecule has 2 aromatic rings. The van der Waals surface area contributed by atoms with E-state index in [0.717, 1.165) is 10.1 Å². The number of rotatable bonds is 3. The molecule has 1 amide bonds. The SMILES string of the molecule is CCN(C(=O)c1sc2cnccc2c1N)C(C)C. The number of aromatic nitrogens is 1. The van der Waals surface area contributed by atoms with Crippen LogP contribution in [0.25, 0.3) is 10.1 Å². The lowest BCUT2D eigenvalue weighted by Gasteiger charge is -2.24. The smallest absolute Gasteiger partial charge is 0.266 e. The highest BCUT2D eigenvalue weighted by Gasteiger charge is 2.22. The van der Waals surface area contributed by atoms with Crippen molar-refractivity contribution in [3.8, 4) is 0 Å². The first-order valence-electron chi connectivity index (χ1n) is 5.99. The van der Waals surface area contributed by atoms with Gasteiger partial charge in [0, 0.05) is 30.4 Å². The normalized spacial score (nSPS) is 11.1. The Balaban J connectivity index is 2.48. The molecule has 0 saturated carbocycles. The van der Waals surface area contributed by atoms with Crippen LogP contribution in [0.15, 0.2) is 18.5 Å². The molecule has 2 N–H and O–H groups in total. The number of hydrogen-bond donors (Lipinski definition) is 1. The number of pyridine rings is 1. The molecule has 0 radical (unpaired) electrons. The summed E-state index contributed by atoms with van der Waals surface area (Å²) in [5.41, 5.74) is 6.64. The Labute approximate surface area is 110 Å². The van der Waals surface area contributed by atoms with E-state index in [1.807, 2.05) is 31.7 Å². The number of nitrogens with two attached hydrogens (primary N) is 1. The second-order valence-corrected chi connectivity index (χ2v) is 5.45. The van der Waals surface area contributed by atoms with E-state index >= 15 is 0 Å². The summed E-state index contributed by atoms with van der Waals surface area (Å²) in [5.74, 6) is 0.00574. The van der Waals surface area contributed by atoms with Crippen LogP contribution in [0.2, 0.25) is 0 Å². The van der Waals surface area contributed by atoms with Crippen LogP contribution in [0.3, 0.4) is 0 Å². The Morgan fingerprint density at radius 2 is 2.28 bits per heavy atom. The summed E-state index contributed by atoms with van der Waals surface area (Å²) >= 11 is 1.41. The summed E-state index contributed by atoms with van der Waals surface area (Å²) in [6.45, 7) is 6.67. The highest BCUT2D eigenvalue weighted by Crippen LogP contribution is 2.33. The summed E-state index contributed by atoms with van der Waals surface area (Å²) in [4.78, 5) is 18.9. The molecule has 0 aliphatic carbocycles. The second kappa shape index (κ2) is 4.94. The van der Waals surface area contributed by atoms with Crippen LogP contribution in [0.4, 0.5) is 5.69 Å². The van der Waals surface area contributed by atoms with E-state index in [0.29, 0.717) is 17.1 Å². The Bertz CT molecular complexity index is 577. The molecule has 5 heteroatoms. The monoisotopic (exact) mass is 263 g/mol. The third kappa shape index (κ3) is 2.06. The number of thiophene rings is 1. The molecule has 96 valence electrons. The molecule has 2 aromatic heterocycles. The van der Waals surface area contributed by atoms with Gasteiger partial charge in [-0.2, -0.15) is 0 Å². The number of carbonyl (C=O) groups is 1. The number of hydrogen-bond acceptors (Lipinski definition) is 4. The predicted octanol–water partition coefficient (Wildman–Crippen LogP) is 2.75. The highest BCUT2D eigenvalue weighted by molar-refractivity contribution is 7.21. The summed E-state index contributed by atoms with van der Waals surface area (Å²) in [7, 11) is 0. The van der Waals surface area contributed by atoms with Gasteiger partial charge in [0.2, 0.25) is 0 Å². The number of nitrogen functional groups attached to an aromatic ring is 1. The lowest BCUT2D eigenvalue weighted by atomic mass is 10.2. The van der Waals surface area contributed by atoms with E-state index < -0.39 is 0 Å². The van der Waals surface area contributed by atoms with Crippen molar-refractivity contribution >= 4 is 33.0 Å². The molecule has 0 aliphatic rings. The van der Waals surface area contributed by atoms with Gasteiger partial charge in [-0.3, -0.25) is 9.78 Å². The van der Waals surface area contributed by atoms with Gasteiger partial charge >= 0.3 is 0 Å². The maximum absolute atomic E-state index is 12.4. The average molecular weight is 263 g/mol. The molecule has 0 aromatic carbocycles. The number of fused-ring (bicyclic) bond motifs is 1. The van der Waals surface area contributed by atoms with Gasteiger partial charge in [0.05, 0.1) is 10.4 Å². The Morgan fingerprint density at radius 3 is 2.83 bits per heavy atom. The van der Waals surface area contributed by atoms with Gasteiger partial charge in [-0.1, -0.05) is 0 Å². The molecule has 4 nitrogen and oxygen atoms in total. The first-order chi connectivity index (χ1) is 8.56. The molecular formula is C13H17N3OS. The van der Waals surface area contributed by atoms with Crippen molar-refractivity contribution in [2.24, 2.45) is 0 Å². The van der Waals surface area contributed by atoms with Crippen LogP contribution in [0.5, 0.6) is 0 Å². The van der Waals surface area contributed by atoms with Crippen molar-refractivity contribution < 1.29 is 4.79 Å². The van der Waals surface area contributed by atoms with E-state index in [9.17, 15) is 4.79 Å². The van der Waals surface area contributed by atoms with E-state index in [2.05, 4.69) is 4.98 Å². The third-order valence-corrected chi connectivity index (χ3v) is 4.09. The van der Waals surface area contributed by atoms with Gasteiger partial charge < -0.3 is 10.6 Å². The fourth-order valence-corrected chi connectivity index (χ4v) is 3.05. The van der Waals surface area contributed by atoms with Crippen LogP contribution < -0.4 is 5.73 Å². The third-order valence-electron chi connectivity index (χ3n) is 2.95. The van der Waals surface area contributed by atoms with Gasteiger partial charge in [-0.05, 0) is 26.8 Å². The van der Waals surface area contributed by atoms with E-state index in [-0.39, 0.29) is 11.9 Å². The lowest BCUT2D eigenvalue weighted by Crippen LogP contribution is -2.36. The van der Waals surface area contributed by atoms with Gasteiger partial charge in [-0.15, -0.1) is 11.3 Å². The van der Waals surface area contributed by atoms with Gasteiger partial charge in [0.1, 0.15) is 4.88 Å².